The first-order chi connectivity index (χ1) is 14.7. The van der Waals surface area contributed by atoms with E-state index in [1.807, 2.05) is 72.8 Å². The molecule has 0 heterocycles. The highest BCUT2D eigenvalue weighted by Gasteiger charge is 2.15. The Labute approximate surface area is 176 Å². The molecule has 0 aromatic heterocycles. The normalized spacial score (nSPS) is 11.3. The molecule has 0 bridgehead atoms. The molecule has 0 fully saturated rings. The van der Waals surface area contributed by atoms with Crippen LogP contribution in [-0.2, 0) is 0 Å². The molecule has 0 aliphatic heterocycles. The van der Waals surface area contributed by atoms with Crippen molar-refractivity contribution >= 4 is 23.3 Å². The average Bonchev–Trinajstić information content (AvgIpc) is 2.81. The van der Waals surface area contributed by atoms with Crippen LogP contribution in [0.1, 0.15) is 22.3 Å². The number of nitrogens with zero attached hydrogens (tertiary/aromatic N) is 2. The number of ether oxygens (including phenoxy) is 2. The van der Waals surface area contributed by atoms with Gasteiger partial charge in [0.25, 0.3) is 0 Å². The van der Waals surface area contributed by atoms with E-state index in [-0.39, 0.29) is 0 Å². The fraction of sp³-hybridized carbons (Fsp3) is 0.0769. The molecule has 0 aliphatic carbocycles. The van der Waals surface area contributed by atoms with Gasteiger partial charge in [-0.15, -0.1) is 0 Å². The zero-order valence-corrected chi connectivity index (χ0v) is 16.8. The number of hydrogen-bond donors (Lipinski definition) is 0. The second-order valence-corrected chi connectivity index (χ2v) is 6.38. The van der Waals surface area contributed by atoms with Crippen LogP contribution in [-0.4, -0.2) is 14.2 Å². The molecule has 3 aromatic rings. The molecule has 30 heavy (non-hydrogen) atoms. The van der Waals surface area contributed by atoms with Crippen LogP contribution in [0.3, 0.4) is 0 Å². The summed E-state index contributed by atoms with van der Waals surface area (Å²) in [7, 11) is 3.11. The van der Waals surface area contributed by atoms with E-state index >= 15 is 0 Å². The first-order valence-electron chi connectivity index (χ1n) is 9.31. The highest BCUT2D eigenvalue weighted by Crippen LogP contribution is 2.38. The van der Waals surface area contributed by atoms with Crippen molar-refractivity contribution in [3.05, 3.63) is 95.1 Å². The largest absolute Gasteiger partial charge is 0.492 e. The molecule has 0 unspecified atom stereocenters. The van der Waals surface area contributed by atoms with Crippen molar-refractivity contribution in [2.45, 2.75) is 0 Å². The Kier molecular flexibility index (Phi) is 6.66. The summed E-state index contributed by atoms with van der Waals surface area (Å²) in [6.07, 6.45) is 3.54. The molecule has 3 aromatic carbocycles. The van der Waals surface area contributed by atoms with Crippen LogP contribution >= 0.6 is 0 Å². The molecule has 0 N–H and O–H groups in total. The van der Waals surface area contributed by atoms with Gasteiger partial charge in [-0.3, -0.25) is 0 Å². The Balaban J connectivity index is 2.12. The van der Waals surface area contributed by atoms with E-state index in [9.17, 15) is 10.5 Å². The second-order valence-electron chi connectivity index (χ2n) is 6.38. The summed E-state index contributed by atoms with van der Waals surface area (Å²) in [5.41, 5.74) is 4.10. The molecule has 0 aliphatic rings. The number of methoxy groups -OCH3 is 2. The lowest BCUT2D eigenvalue weighted by molar-refractivity contribution is 0.354. The molecular formula is C26H20N2O2. The topological polar surface area (TPSA) is 66.0 Å². The molecule has 4 heteroatoms. The van der Waals surface area contributed by atoms with Gasteiger partial charge in [0, 0.05) is 11.1 Å². The minimum absolute atomic E-state index is 0.500. The summed E-state index contributed by atoms with van der Waals surface area (Å²) in [6.45, 7) is 0. The number of rotatable bonds is 6. The lowest BCUT2D eigenvalue weighted by atomic mass is 9.99. The maximum atomic E-state index is 9.63. The molecule has 0 saturated carbocycles. The van der Waals surface area contributed by atoms with Gasteiger partial charge in [0.2, 0.25) is 0 Å². The van der Waals surface area contributed by atoms with Gasteiger partial charge in [0.05, 0.1) is 37.5 Å². The van der Waals surface area contributed by atoms with Crippen LogP contribution in [0.4, 0.5) is 0 Å². The van der Waals surface area contributed by atoms with E-state index < -0.39 is 0 Å². The molecular weight excluding hydrogens is 372 g/mol. The Bertz CT molecular complexity index is 1070. The Hall–Kier alpha value is -4.28. The lowest BCUT2D eigenvalue weighted by Gasteiger charge is -2.14. The number of nitriles is 2. The van der Waals surface area contributed by atoms with E-state index in [2.05, 4.69) is 12.1 Å². The second kappa shape index (κ2) is 9.78. The van der Waals surface area contributed by atoms with Crippen LogP contribution in [0.25, 0.3) is 23.3 Å². The first-order valence-corrected chi connectivity index (χ1v) is 9.31. The van der Waals surface area contributed by atoms with Gasteiger partial charge in [-0.2, -0.15) is 10.5 Å². The molecule has 146 valence electrons. The number of benzene rings is 3. The van der Waals surface area contributed by atoms with Crippen molar-refractivity contribution in [1.82, 2.24) is 0 Å². The molecule has 0 atom stereocenters. The van der Waals surface area contributed by atoms with Crippen molar-refractivity contribution in [3.8, 4) is 23.6 Å². The van der Waals surface area contributed by atoms with Crippen molar-refractivity contribution in [1.29, 1.82) is 10.5 Å². The number of hydrogen-bond acceptors (Lipinski definition) is 4. The Morgan fingerprint density at radius 3 is 1.30 bits per heavy atom. The van der Waals surface area contributed by atoms with Crippen LogP contribution in [0.15, 0.2) is 72.8 Å². The summed E-state index contributed by atoms with van der Waals surface area (Å²) < 4.78 is 11.2. The zero-order chi connectivity index (χ0) is 21.3. The van der Waals surface area contributed by atoms with Gasteiger partial charge in [-0.05, 0) is 23.3 Å². The Morgan fingerprint density at radius 2 is 1.00 bits per heavy atom. The van der Waals surface area contributed by atoms with E-state index in [4.69, 9.17) is 9.47 Å². The predicted octanol–water partition coefficient (Wildman–Crippen LogP) is 5.83. The number of allylic oxidation sites excluding steroid dienone is 2. The summed E-state index contributed by atoms with van der Waals surface area (Å²) in [5.74, 6) is 1.00. The highest BCUT2D eigenvalue weighted by molar-refractivity contribution is 5.94. The van der Waals surface area contributed by atoms with Gasteiger partial charge < -0.3 is 9.47 Å². The van der Waals surface area contributed by atoms with Crippen LogP contribution in [0, 0.1) is 22.7 Å². The van der Waals surface area contributed by atoms with Crippen molar-refractivity contribution < 1.29 is 9.47 Å². The molecule has 3 rings (SSSR count). The Morgan fingerprint density at radius 1 is 0.633 bits per heavy atom. The molecule has 0 amide bonds. The fourth-order valence-corrected chi connectivity index (χ4v) is 3.15. The van der Waals surface area contributed by atoms with Gasteiger partial charge in [-0.25, -0.2) is 0 Å². The smallest absolute Gasteiger partial charge is 0.168 e. The monoisotopic (exact) mass is 392 g/mol. The summed E-state index contributed by atoms with van der Waals surface area (Å²) >= 11 is 0. The maximum absolute atomic E-state index is 9.63. The molecule has 0 radical (unpaired) electrons. The van der Waals surface area contributed by atoms with Gasteiger partial charge in [0.1, 0.15) is 0 Å². The van der Waals surface area contributed by atoms with Crippen LogP contribution in [0.2, 0.25) is 0 Å². The highest BCUT2D eigenvalue weighted by atomic mass is 16.5. The quantitative estimate of drug-likeness (QED) is 0.391. The maximum Gasteiger partial charge on any atom is 0.168 e. The van der Waals surface area contributed by atoms with Gasteiger partial charge in [0.15, 0.2) is 11.5 Å². The average molecular weight is 392 g/mol. The van der Waals surface area contributed by atoms with Crippen molar-refractivity contribution in [2.75, 3.05) is 14.2 Å². The third-order valence-corrected chi connectivity index (χ3v) is 4.59. The van der Waals surface area contributed by atoms with E-state index in [0.717, 1.165) is 11.1 Å². The summed E-state index contributed by atoms with van der Waals surface area (Å²) in [5, 5.41) is 19.3. The molecule has 0 saturated heterocycles. The van der Waals surface area contributed by atoms with Crippen molar-refractivity contribution in [3.63, 3.8) is 0 Å². The van der Waals surface area contributed by atoms with Crippen LogP contribution in [0.5, 0.6) is 11.5 Å². The molecule has 0 spiro atoms. The lowest BCUT2D eigenvalue weighted by Crippen LogP contribution is -1.96. The standard InChI is InChI=1S/C26H20N2O2/c1-29-25-21(15-23(17-27)19-9-5-3-6-10-19)13-14-22(26(25)30-2)16-24(18-28)20-11-7-4-8-12-20/h3-16H,1-2H3/b23-15+,24-16+. The minimum Gasteiger partial charge on any atom is -0.492 e. The van der Waals surface area contributed by atoms with Crippen LogP contribution < -0.4 is 9.47 Å². The third kappa shape index (κ3) is 4.41. The zero-order valence-electron chi connectivity index (χ0n) is 16.8. The first kappa shape index (κ1) is 20.5. The van der Waals surface area contributed by atoms with Gasteiger partial charge in [-0.1, -0.05) is 72.8 Å². The van der Waals surface area contributed by atoms with Crippen molar-refractivity contribution in [2.24, 2.45) is 0 Å². The fourth-order valence-electron chi connectivity index (χ4n) is 3.15. The third-order valence-electron chi connectivity index (χ3n) is 4.59. The van der Waals surface area contributed by atoms with E-state index in [1.165, 1.54) is 0 Å². The summed E-state index contributed by atoms with van der Waals surface area (Å²) in [4.78, 5) is 0. The van der Waals surface area contributed by atoms with E-state index in [0.29, 0.717) is 33.8 Å². The minimum atomic E-state index is 0.500. The van der Waals surface area contributed by atoms with E-state index in [1.54, 1.807) is 26.4 Å². The SMILES string of the molecule is COc1c(/C=C(\C#N)c2ccccc2)ccc(/C=C(\C#N)c2ccccc2)c1OC. The summed E-state index contributed by atoms with van der Waals surface area (Å²) in [6, 6.07) is 27.1. The van der Waals surface area contributed by atoms with Gasteiger partial charge >= 0.3 is 0 Å². The predicted molar refractivity (Wildman–Crippen MR) is 119 cm³/mol. The molecule has 4 nitrogen and oxygen atoms in total.